The minimum atomic E-state index is -0.373. The molecule has 0 saturated carbocycles. The number of ether oxygens (including phenoxy) is 1. The lowest BCUT2D eigenvalue weighted by atomic mass is 10.0. The van der Waals surface area contributed by atoms with Crippen LogP contribution in [0, 0.1) is 19.7 Å². The Morgan fingerprint density at radius 2 is 1.94 bits per heavy atom. The molecule has 3 aromatic rings. The number of aryl methyl sites for hydroxylation is 2. The van der Waals surface area contributed by atoms with Crippen molar-refractivity contribution >= 4 is 22.6 Å². The molecule has 2 heterocycles. The molecule has 162 valence electrons. The van der Waals surface area contributed by atoms with Crippen LogP contribution in [0.5, 0.6) is 0 Å². The van der Waals surface area contributed by atoms with Crippen LogP contribution in [0.3, 0.4) is 0 Å². The first kappa shape index (κ1) is 21.1. The van der Waals surface area contributed by atoms with Crippen LogP contribution in [0.1, 0.15) is 29.5 Å². The SMILES string of the molecule is Cc1ccc(C)c2[nH]c(=O)c(CN(C[C@H]3CCCO3)C(=O)Nc3ccc(F)cc3)cc12. The number of urea groups is 1. The number of benzene rings is 2. The number of halogens is 1. The molecule has 1 atom stereocenters. The Morgan fingerprint density at radius 3 is 2.65 bits per heavy atom. The second-order valence-corrected chi connectivity index (χ2v) is 8.06. The van der Waals surface area contributed by atoms with Crippen molar-refractivity contribution in [3.05, 3.63) is 75.3 Å². The first-order chi connectivity index (χ1) is 14.9. The molecule has 1 aliphatic rings. The zero-order chi connectivity index (χ0) is 22.0. The van der Waals surface area contributed by atoms with Crippen molar-refractivity contribution in [2.75, 3.05) is 18.5 Å². The van der Waals surface area contributed by atoms with Crippen molar-refractivity contribution in [2.45, 2.75) is 39.3 Å². The number of rotatable bonds is 5. The molecule has 1 aromatic heterocycles. The minimum absolute atomic E-state index is 0.0671. The van der Waals surface area contributed by atoms with Gasteiger partial charge in [0, 0.05) is 29.8 Å². The Kier molecular flexibility index (Phi) is 6.04. The minimum Gasteiger partial charge on any atom is -0.376 e. The standard InChI is InChI=1S/C24H26FN3O3/c1-15-5-6-16(2)22-21(15)12-17(23(29)27-22)13-28(14-20-4-3-11-31-20)24(30)26-19-9-7-18(25)8-10-19/h5-10,12,20H,3-4,11,13-14H2,1-2H3,(H,26,30)(H,27,29)/t20-/m1/s1. The number of nitrogens with one attached hydrogen (secondary N) is 2. The molecule has 0 radical (unpaired) electrons. The fraction of sp³-hybridized carbons (Fsp3) is 0.333. The molecule has 2 N–H and O–H groups in total. The van der Waals surface area contributed by atoms with E-state index in [1.165, 1.54) is 24.3 Å². The predicted molar refractivity (Wildman–Crippen MR) is 119 cm³/mol. The van der Waals surface area contributed by atoms with Crippen LogP contribution in [0.15, 0.2) is 47.3 Å². The van der Waals surface area contributed by atoms with Gasteiger partial charge >= 0.3 is 6.03 Å². The van der Waals surface area contributed by atoms with Crippen molar-refractivity contribution < 1.29 is 13.9 Å². The topological polar surface area (TPSA) is 74.4 Å². The van der Waals surface area contributed by atoms with E-state index in [9.17, 15) is 14.0 Å². The van der Waals surface area contributed by atoms with Crippen molar-refractivity contribution in [1.29, 1.82) is 0 Å². The van der Waals surface area contributed by atoms with E-state index in [1.54, 1.807) is 4.90 Å². The van der Waals surface area contributed by atoms with E-state index in [0.717, 1.165) is 34.9 Å². The number of hydrogen-bond donors (Lipinski definition) is 2. The van der Waals surface area contributed by atoms with Crippen LogP contribution < -0.4 is 10.9 Å². The van der Waals surface area contributed by atoms with Gasteiger partial charge in [-0.25, -0.2) is 9.18 Å². The first-order valence-corrected chi connectivity index (χ1v) is 10.5. The van der Waals surface area contributed by atoms with Crippen molar-refractivity contribution in [2.24, 2.45) is 0 Å². The Morgan fingerprint density at radius 1 is 1.19 bits per heavy atom. The fourth-order valence-electron chi connectivity index (χ4n) is 3.93. The maximum Gasteiger partial charge on any atom is 0.322 e. The fourth-order valence-corrected chi connectivity index (χ4v) is 3.93. The second kappa shape index (κ2) is 8.89. The van der Waals surface area contributed by atoms with Crippen molar-refractivity contribution in [3.8, 4) is 0 Å². The smallest absolute Gasteiger partial charge is 0.322 e. The average molecular weight is 423 g/mol. The van der Waals surface area contributed by atoms with Gasteiger partial charge in [0.25, 0.3) is 5.56 Å². The number of pyridine rings is 1. The highest BCUT2D eigenvalue weighted by Gasteiger charge is 2.24. The molecule has 0 unspecified atom stereocenters. The lowest BCUT2D eigenvalue weighted by molar-refractivity contribution is 0.0818. The summed E-state index contributed by atoms with van der Waals surface area (Å²) in [6.07, 6.45) is 1.75. The summed E-state index contributed by atoms with van der Waals surface area (Å²) in [5, 5.41) is 3.76. The van der Waals surface area contributed by atoms with Gasteiger partial charge in [-0.2, -0.15) is 0 Å². The van der Waals surface area contributed by atoms with Gasteiger partial charge in [0.2, 0.25) is 0 Å². The Balaban J connectivity index is 1.63. The largest absolute Gasteiger partial charge is 0.376 e. The van der Waals surface area contributed by atoms with Gasteiger partial charge in [-0.05, 0) is 68.1 Å². The Labute approximate surface area is 180 Å². The van der Waals surface area contributed by atoms with Gasteiger partial charge in [0.15, 0.2) is 0 Å². The summed E-state index contributed by atoms with van der Waals surface area (Å²) in [5.41, 5.74) is 3.65. The van der Waals surface area contributed by atoms with Crippen LogP contribution >= 0.6 is 0 Å². The molecule has 31 heavy (non-hydrogen) atoms. The van der Waals surface area contributed by atoms with Gasteiger partial charge in [0.05, 0.1) is 18.2 Å². The van der Waals surface area contributed by atoms with Crippen LogP contribution in [0.2, 0.25) is 0 Å². The number of amides is 2. The summed E-state index contributed by atoms with van der Waals surface area (Å²) >= 11 is 0. The number of nitrogens with zero attached hydrogens (tertiary/aromatic N) is 1. The van der Waals surface area contributed by atoms with Gasteiger partial charge < -0.3 is 19.9 Å². The highest BCUT2D eigenvalue weighted by molar-refractivity contribution is 5.89. The van der Waals surface area contributed by atoms with E-state index >= 15 is 0 Å². The predicted octanol–water partition coefficient (Wildman–Crippen LogP) is 4.50. The lowest BCUT2D eigenvalue weighted by Crippen LogP contribution is -2.40. The molecule has 1 aliphatic heterocycles. The molecule has 0 aliphatic carbocycles. The van der Waals surface area contributed by atoms with Crippen LogP contribution in [-0.2, 0) is 11.3 Å². The summed E-state index contributed by atoms with van der Waals surface area (Å²) in [6.45, 7) is 5.14. The molecule has 7 heteroatoms. The summed E-state index contributed by atoms with van der Waals surface area (Å²) < 4.78 is 18.9. The number of aromatic nitrogens is 1. The van der Waals surface area contributed by atoms with E-state index in [1.807, 2.05) is 32.0 Å². The van der Waals surface area contributed by atoms with Gasteiger partial charge in [-0.3, -0.25) is 4.79 Å². The normalized spacial score (nSPS) is 15.9. The number of aromatic amines is 1. The molecule has 0 spiro atoms. The molecule has 1 saturated heterocycles. The van der Waals surface area contributed by atoms with Gasteiger partial charge in [-0.15, -0.1) is 0 Å². The summed E-state index contributed by atoms with van der Waals surface area (Å²) in [6, 6.07) is 11.1. The molecule has 0 bridgehead atoms. The van der Waals surface area contributed by atoms with Crippen molar-refractivity contribution in [1.82, 2.24) is 9.88 Å². The third kappa shape index (κ3) is 4.77. The Hall–Kier alpha value is -3.19. The monoisotopic (exact) mass is 423 g/mol. The molecule has 2 aromatic carbocycles. The summed E-state index contributed by atoms with van der Waals surface area (Å²) in [7, 11) is 0. The van der Waals surface area contributed by atoms with E-state index in [4.69, 9.17) is 4.74 Å². The highest BCUT2D eigenvalue weighted by Crippen LogP contribution is 2.21. The number of carbonyl (C=O) groups excluding carboxylic acids is 1. The molecule has 2 amide bonds. The number of hydrogen-bond acceptors (Lipinski definition) is 3. The Bertz CT molecular complexity index is 1150. The number of fused-ring (bicyclic) bond motifs is 1. The van der Waals surface area contributed by atoms with E-state index in [0.29, 0.717) is 24.4 Å². The zero-order valence-corrected chi connectivity index (χ0v) is 17.7. The van der Waals surface area contributed by atoms with Crippen LogP contribution in [-0.4, -0.2) is 35.2 Å². The summed E-state index contributed by atoms with van der Waals surface area (Å²) in [5.74, 6) is -0.373. The molecular weight excluding hydrogens is 397 g/mol. The molecule has 1 fully saturated rings. The zero-order valence-electron chi connectivity index (χ0n) is 17.7. The first-order valence-electron chi connectivity index (χ1n) is 10.5. The van der Waals surface area contributed by atoms with E-state index in [-0.39, 0.29) is 30.1 Å². The van der Waals surface area contributed by atoms with Gasteiger partial charge in [0.1, 0.15) is 5.82 Å². The molecular formula is C24H26FN3O3. The lowest BCUT2D eigenvalue weighted by Gasteiger charge is -2.26. The number of H-pyrrole nitrogens is 1. The van der Waals surface area contributed by atoms with Gasteiger partial charge in [-0.1, -0.05) is 12.1 Å². The molecule has 4 rings (SSSR count). The average Bonchev–Trinajstić information content (AvgIpc) is 3.26. The third-order valence-corrected chi connectivity index (χ3v) is 5.71. The van der Waals surface area contributed by atoms with Crippen molar-refractivity contribution in [3.63, 3.8) is 0 Å². The maximum atomic E-state index is 13.2. The maximum absolute atomic E-state index is 13.2. The third-order valence-electron chi connectivity index (χ3n) is 5.71. The summed E-state index contributed by atoms with van der Waals surface area (Å²) in [4.78, 5) is 30.4. The van der Waals surface area contributed by atoms with Crippen LogP contribution in [0.4, 0.5) is 14.9 Å². The second-order valence-electron chi connectivity index (χ2n) is 8.06. The highest BCUT2D eigenvalue weighted by atomic mass is 19.1. The quantitative estimate of drug-likeness (QED) is 0.635. The number of carbonyl (C=O) groups is 1. The van der Waals surface area contributed by atoms with E-state index < -0.39 is 0 Å². The van der Waals surface area contributed by atoms with E-state index in [2.05, 4.69) is 10.3 Å². The number of anilines is 1. The van der Waals surface area contributed by atoms with Crippen LogP contribution in [0.25, 0.3) is 10.9 Å². The molecule has 6 nitrogen and oxygen atoms in total.